The van der Waals surface area contributed by atoms with Crippen LogP contribution in [0.1, 0.15) is 28.6 Å². The van der Waals surface area contributed by atoms with Crippen molar-refractivity contribution < 1.29 is 4.79 Å². The van der Waals surface area contributed by atoms with Crippen molar-refractivity contribution in [3.63, 3.8) is 0 Å². The van der Waals surface area contributed by atoms with Crippen LogP contribution in [0.3, 0.4) is 0 Å². The van der Waals surface area contributed by atoms with Gasteiger partial charge in [-0.25, -0.2) is 0 Å². The molecule has 12 heavy (non-hydrogen) atoms. The van der Waals surface area contributed by atoms with E-state index >= 15 is 0 Å². The first-order valence-corrected chi connectivity index (χ1v) is 4.81. The second-order valence-electron chi connectivity index (χ2n) is 3.05. The molecule has 0 saturated carbocycles. The number of Topliss-reactive ketones (excluding diaryl/α,β-unsaturated/α-hetero) is 1. The van der Waals surface area contributed by atoms with E-state index in [1.54, 1.807) is 11.3 Å². The van der Waals surface area contributed by atoms with Crippen molar-refractivity contribution in [1.29, 1.82) is 0 Å². The van der Waals surface area contributed by atoms with Gasteiger partial charge in [-0.3, -0.25) is 4.79 Å². The first kappa shape index (κ1) is 9.42. The Hall–Kier alpha value is -0.670. The highest BCUT2D eigenvalue weighted by atomic mass is 32.1. The van der Waals surface area contributed by atoms with E-state index in [1.807, 2.05) is 25.3 Å². The van der Waals surface area contributed by atoms with Gasteiger partial charge in [0.1, 0.15) is 0 Å². The number of hydrogen-bond donors (Lipinski definition) is 1. The molecule has 0 saturated heterocycles. The molecule has 0 bridgehead atoms. The van der Waals surface area contributed by atoms with E-state index in [-0.39, 0.29) is 11.8 Å². The van der Waals surface area contributed by atoms with E-state index in [0.29, 0.717) is 6.42 Å². The fraction of sp³-hybridized carbons (Fsp3) is 0.444. The Morgan fingerprint density at radius 3 is 2.83 bits per heavy atom. The van der Waals surface area contributed by atoms with Gasteiger partial charge in [-0.15, -0.1) is 11.3 Å². The van der Waals surface area contributed by atoms with Crippen LogP contribution in [0.4, 0.5) is 0 Å². The normalized spacial score (nSPS) is 12.9. The summed E-state index contributed by atoms with van der Waals surface area (Å²) in [6.07, 6.45) is 0.441. The third kappa shape index (κ3) is 2.43. The first-order valence-electron chi connectivity index (χ1n) is 3.93. The quantitative estimate of drug-likeness (QED) is 0.728. The van der Waals surface area contributed by atoms with Crippen LogP contribution in [0.5, 0.6) is 0 Å². The van der Waals surface area contributed by atoms with Crippen LogP contribution >= 0.6 is 11.3 Å². The molecule has 0 fully saturated rings. The van der Waals surface area contributed by atoms with Gasteiger partial charge in [0.05, 0.1) is 0 Å². The molecule has 2 nitrogen and oxygen atoms in total. The molecule has 0 radical (unpaired) electrons. The number of thiophene rings is 1. The minimum absolute atomic E-state index is 0.0438. The van der Waals surface area contributed by atoms with Crippen molar-refractivity contribution in [2.75, 3.05) is 0 Å². The lowest BCUT2D eigenvalue weighted by Crippen LogP contribution is -2.19. The molecule has 0 aromatic carbocycles. The summed E-state index contributed by atoms with van der Waals surface area (Å²) in [5, 5.41) is 1.89. The molecule has 1 heterocycles. The fourth-order valence-electron chi connectivity index (χ4n) is 1.000. The van der Waals surface area contributed by atoms with E-state index in [2.05, 4.69) is 0 Å². The Morgan fingerprint density at radius 1 is 1.75 bits per heavy atom. The van der Waals surface area contributed by atoms with Crippen molar-refractivity contribution in [1.82, 2.24) is 0 Å². The molecule has 0 aliphatic heterocycles. The summed E-state index contributed by atoms with van der Waals surface area (Å²) in [7, 11) is 0. The lowest BCUT2D eigenvalue weighted by atomic mass is 10.1. The zero-order valence-electron chi connectivity index (χ0n) is 7.33. The zero-order chi connectivity index (χ0) is 9.14. The summed E-state index contributed by atoms with van der Waals surface area (Å²) in [5.74, 6) is 0.148. The molecule has 66 valence electrons. The summed E-state index contributed by atoms with van der Waals surface area (Å²) in [6, 6.07) is 1.87. The number of hydrogen-bond acceptors (Lipinski definition) is 3. The summed E-state index contributed by atoms with van der Waals surface area (Å²) in [5.41, 5.74) is 6.32. The smallest absolute Gasteiger partial charge is 0.165 e. The van der Waals surface area contributed by atoms with Gasteiger partial charge in [0.2, 0.25) is 0 Å². The molecule has 0 spiro atoms. The molecule has 0 aliphatic rings. The van der Waals surface area contributed by atoms with Gasteiger partial charge in [-0.05, 0) is 19.9 Å². The van der Waals surface area contributed by atoms with Crippen LogP contribution in [-0.2, 0) is 0 Å². The minimum Gasteiger partial charge on any atom is -0.328 e. The summed E-state index contributed by atoms with van der Waals surface area (Å²) in [6.45, 7) is 3.84. The molecule has 1 aromatic rings. The lowest BCUT2D eigenvalue weighted by molar-refractivity contribution is 0.0977. The van der Waals surface area contributed by atoms with Crippen LogP contribution in [0.2, 0.25) is 0 Å². The van der Waals surface area contributed by atoms with Crippen molar-refractivity contribution in [3.8, 4) is 0 Å². The van der Waals surface area contributed by atoms with Crippen molar-refractivity contribution >= 4 is 17.1 Å². The van der Waals surface area contributed by atoms with Crippen LogP contribution in [-0.4, -0.2) is 11.8 Å². The number of aryl methyl sites for hydroxylation is 1. The molecule has 1 atom stereocenters. The van der Waals surface area contributed by atoms with E-state index in [1.165, 1.54) is 4.88 Å². The highest BCUT2D eigenvalue weighted by molar-refractivity contribution is 7.10. The van der Waals surface area contributed by atoms with Crippen LogP contribution < -0.4 is 5.73 Å². The standard InChI is InChI=1S/C9H13NOS/c1-6(10)3-9(11)8-4-7(2)12-5-8/h4-6H,3,10H2,1-2H3. The SMILES string of the molecule is Cc1cc(C(=O)CC(C)N)cs1. The van der Waals surface area contributed by atoms with Gasteiger partial charge >= 0.3 is 0 Å². The number of ketones is 1. The van der Waals surface area contributed by atoms with Gasteiger partial charge in [0.15, 0.2) is 5.78 Å². The van der Waals surface area contributed by atoms with Gasteiger partial charge in [0.25, 0.3) is 0 Å². The maximum absolute atomic E-state index is 11.4. The third-order valence-corrected chi connectivity index (χ3v) is 2.42. The highest BCUT2D eigenvalue weighted by Gasteiger charge is 2.09. The van der Waals surface area contributed by atoms with E-state index in [4.69, 9.17) is 5.73 Å². The van der Waals surface area contributed by atoms with Gasteiger partial charge in [0, 0.05) is 28.3 Å². The van der Waals surface area contributed by atoms with E-state index in [9.17, 15) is 4.79 Å². The minimum atomic E-state index is -0.0438. The Morgan fingerprint density at radius 2 is 2.42 bits per heavy atom. The molecule has 0 aliphatic carbocycles. The third-order valence-electron chi connectivity index (χ3n) is 1.56. The van der Waals surface area contributed by atoms with Crippen LogP contribution in [0.15, 0.2) is 11.4 Å². The van der Waals surface area contributed by atoms with Gasteiger partial charge in [-0.2, -0.15) is 0 Å². The molecule has 0 amide bonds. The van der Waals surface area contributed by atoms with Crippen LogP contribution in [0.25, 0.3) is 0 Å². The van der Waals surface area contributed by atoms with E-state index < -0.39 is 0 Å². The topological polar surface area (TPSA) is 43.1 Å². The maximum atomic E-state index is 11.4. The molecule has 2 N–H and O–H groups in total. The first-order chi connectivity index (χ1) is 5.59. The Bertz CT molecular complexity index is 278. The second kappa shape index (κ2) is 3.83. The average Bonchev–Trinajstić information content (AvgIpc) is 2.34. The Balaban J connectivity index is 2.65. The van der Waals surface area contributed by atoms with Crippen molar-refractivity contribution in [2.45, 2.75) is 26.3 Å². The molecule has 1 unspecified atom stereocenters. The number of carbonyl (C=O) groups excluding carboxylic acids is 1. The summed E-state index contributed by atoms with van der Waals surface area (Å²) < 4.78 is 0. The maximum Gasteiger partial charge on any atom is 0.165 e. The Kier molecular flexibility index (Phi) is 3.00. The summed E-state index contributed by atoms with van der Waals surface area (Å²) in [4.78, 5) is 12.6. The zero-order valence-corrected chi connectivity index (χ0v) is 8.15. The number of nitrogens with two attached hydrogens (primary N) is 1. The molecule has 1 rings (SSSR count). The van der Waals surface area contributed by atoms with Crippen molar-refractivity contribution in [2.24, 2.45) is 5.73 Å². The number of carbonyl (C=O) groups is 1. The van der Waals surface area contributed by atoms with Gasteiger partial charge in [-0.1, -0.05) is 0 Å². The molecular formula is C9H13NOS. The highest BCUT2D eigenvalue weighted by Crippen LogP contribution is 2.14. The largest absolute Gasteiger partial charge is 0.328 e. The van der Waals surface area contributed by atoms with Crippen LogP contribution in [0, 0.1) is 6.92 Å². The lowest BCUT2D eigenvalue weighted by Gasteiger charge is -2.00. The number of rotatable bonds is 3. The average molecular weight is 183 g/mol. The molecule has 1 aromatic heterocycles. The monoisotopic (exact) mass is 183 g/mol. The summed E-state index contributed by atoms with van der Waals surface area (Å²) >= 11 is 1.60. The van der Waals surface area contributed by atoms with Gasteiger partial charge < -0.3 is 5.73 Å². The fourth-order valence-corrected chi connectivity index (χ4v) is 1.71. The predicted octanol–water partition coefficient (Wildman–Crippen LogP) is 1.98. The Labute approximate surface area is 76.4 Å². The molecular weight excluding hydrogens is 170 g/mol. The molecule has 3 heteroatoms. The second-order valence-corrected chi connectivity index (χ2v) is 4.17. The predicted molar refractivity (Wildman–Crippen MR) is 51.7 cm³/mol. The van der Waals surface area contributed by atoms with Crippen molar-refractivity contribution in [3.05, 3.63) is 21.9 Å². The van der Waals surface area contributed by atoms with E-state index in [0.717, 1.165) is 5.56 Å².